The highest BCUT2D eigenvalue weighted by Gasteiger charge is 2.30. The quantitative estimate of drug-likeness (QED) is 0.910. The Bertz CT molecular complexity index is 564. The van der Waals surface area contributed by atoms with E-state index in [-0.39, 0.29) is 22.3 Å². The lowest BCUT2D eigenvalue weighted by Gasteiger charge is -2.19. The molecule has 0 fully saturated rings. The highest BCUT2D eigenvalue weighted by atomic mass is 35.5. The first-order chi connectivity index (χ1) is 9.02. The van der Waals surface area contributed by atoms with Gasteiger partial charge < -0.3 is 10.2 Å². The van der Waals surface area contributed by atoms with Crippen LogP contribution >= 0.6 is 11.6 Å². The zero-order chi connectivity index (χ0) is 14.0. The lowest BCUT2D eigenvalue weighted by atomic mass is 9.92. The Morgan fingerprint density at radius 3 is 2.26 bits per heavy atom. The smallest absolute Gasteiger partial charge is 0.211 e. The van der Waals surface area contributed by atoms with Crippen molar-refractivity contribution in [2.45, 2.75) is 0 Å². The number of hydrogen-bond donors (Lipinski definition) is 1. The number of carbonyl (C=O) groups is 2. The van der Waals surface area contributed by atoms with E-state index in [0.717, 1.165) is 6.54 Å². The Hall–Kier alpha value is -1.65. The first-order valence-corrected chi connectivity index (χ1v) is 6.37. The van der Waals surface area contributed by atoms with Gasteiger partial charge in [-0.2, -0.15) is 0 Å². The second-order valence-corrected chi connectivity index (χ2v) is 5.00. The summed E-state index contributed by atoms with van der Waals surface area (Å²) in [6.45, 7) is 1.30. The maximum atomic E-state index is 12.3. The molecular formula is C14H15ClN2O2. The van der Waals surface area contributed by atoms with Crippen LogP contribution in [0.25, 0.3) is 0 Å². The van der Waals surface area contributed by atoms with Crippen LogP contribution in [0.4, 0.5) is 0 Å². The van der Waals surface area contributed by atoms with E-state index in [9.17, 15) is 9.59 Å². The third-order valence-electron chi connectivity index (χ3n) is 2.92. The van der Waals surface area contributed by atoms with Gasteiger partial charge in [0.05, 0.1) is 0 Å². The van der Waals surface area contributed by atoms with Crippen molar-refractivity contribution in [2.75, 3.05) is 27.2 Å². The number of likely N-dealkylation sites (N-methyl/N-ethyl adjacent to an activating group) is 1. The Kier molecular flexibility index (Phi) is 4.02. The fourth-order valence-corrected chi connectivity index (χ4v) is 2.16. The summed E-state index contributed by atoms with van der Waals surface area (Å²) in [5.41, 5.74) is 0.979. The maximum Gasteiger partial charge on any atom is 0.211 e. The Morgan fingerprint density at radius 1 is 1.11 bits per heavy atom. The minimum Gasteiger partial charge on any atom is -0.379 e. The van der Waals surface area contributed by atoms with Gasteiger partial charge in [0.15, 0.2) is 0 Å². The molecule has 19 heavy (non-hydrogen) atoms. The molecule has 4 nitrogen and oxygen atoms in total. The molecule has 0 heterocycles. The van der Waals surface area contributed by atoms with Crippen molar-refractivity contribution in [3.05, 3.63) is 46.1 Å². The third-order valence-corrected chi connectivity index (χ3v) is 3.28. The zero-order valence-electron chi connectivity index (χ0n) is 10.9. The monoisotopic (exact) mass is 278 g/mol. The maximum absolute atomic E-state index is 12.3. The summed E-state index contributed by atoms with van der Waals surface area (Å²) in [4.78, 5) is 26.3. The van der Waals surface area contributed by atoms with Crippen LogP contribution < -0.4 is 5.32 Å². The summed E-state index contributed by atoms with van der Waals surface area (Å²) in [6.07, 6.45) is 0. The summed E-state index contributed by atoms with van der Waals surface area (Å²) in [5, 5.41) is 2.93. The number of halogens is 1. The number of hydrogen-bond acceptors (Lipinski definition) is 4. The molecule has 1 aromatic carbocycles. The van der Waals surface area contributed by atoms with E-state index in [1.807, 2.05) is 19.0 Å². The largest absolute Gasteiger partial charge is 0.379 e. The van der Waals surface area contributed by atoms with Crippen molar-refractivity contribution in [1.82, 2.24) is 10.2 Å². The molecule has 5 heteroatoms. The fraction of sp³-hybridized carbons (Fsp3) is 0.286. The standard InChI is InChI=1S/C14H15ClN2O2/c1-17(2)8-7-16-12-11(15)13(18)9-5-3-4-6-10(9)14(12)19/h3-6,16H,7-8H2,1-2H3. The molecule has 0 bridgehead atoms. The van der Waals surface area contributed by atoms with Crippen LogP contribution in [0, 0.1) is 0 Å². The van der Waals surface area contributed by atoms with Gasteiger partial charge in [-0.15, -0.1) is 0 Å². The van der Waals surface area contributed by atoms with Crippen LogP contribution in [-0.2, 0) is 0 Å². The van der Waals surface area contributed by atoms with Crippen LogP contribution in [0.15, 0.2) is 35.0 Å². The third kappa shape index (κ3) is 2.69. The van der Waals surface area contributed by atoms with Crippen molar-refractivity contribution in [2.24, 2.45) is 0 Å². The summed E-state index contributed by atoms with van der Waals surface area (Å²) < 4.78 is 0. The number of rotatable bonds is 4. The predicted molar refractivity (Wildman–Crippen MR) is 74.5 cm³/mol. The van der Waals surface area contributed by atoms with Gasteiger partial charge in [-0.1, -0.05) is 35.9 Å². The Morgan fingerprint density at radius 2 is 1.68 bits per heavy atom. The fourth-order valence-electron chi connectivity index (χ4n) is 1.91. The van der Waals surface area contributed by atoms with Gasteiger partial charge in [-0.05, 0) is 14.1 Å². The number of Topliss-reactive ketones (excluding diaryl/α,β-unsaturated/α-hetero) is 2. The molecule has 0 amide bonds. The van der Waals surface area contributed by atoms with Gasteiger partial charge >= 0.3 is 0 Å². The summed E-state index contributed by atoms with van der Waals surface area (Å²) >= 11 is 6.00. The van der Waals surface area contributed by atoms with Crippen LogP contribution in [0.1, 0.15) is 20.7 Å². The number of benzene rings is 1. The number of nitrogens with one attached hydrogen (secondary N) is 1. The first kappa shape index (κ1) is 13.8. The number of allylic oxidation sites excluding steroid dienone is 2. The molecule has 1 aromatic rings. The minimum atomic E-state index is -0.302. The average Bonchev–Trinajstić information content (AvgIpc) is 2.40. The second kappa shape index (κ2) is 5.55. The van der Waals surface area contributed by atoms with E-state index in [0.29, 0.717) is 17.7 Å². The molecule has 2 rings (SSSR count). The average molecular weight is 279 g/mol. The Labute approximate surface area is 117 Å². The Balaban J connectivity index is 2.27. The SMILES string of the molecule is CN(C)CCNC1=C(Cl)C(=O)c2ccccc2C1=O. The van der Waals surface area contributed by atoms with E-state index in [4.69, 9.17) is 11.6 Å². The highest BCUT2D eigenvalue weighted by Crippen LogP contribution is 2.26. The van der Waals surface area contributed by atoms with Gasteiger partial charge in [0.25, 0.3) is 0 Å². The zero-order valence-corrected chi connectivity index (χ0v) is 11.6. The predicted octanol–water partition coefficient (Wildman–Crippen LogP) is 1.67. The van der Waals surface area contributed by atoms with Gasteiger partial charge in [-0.3, -0.25) is 9.59 Å². The molecule has 1 N–H and O–H groups in total. The molecule has 0 saturated carbocycles. The van der Waals surface area contributed by atoms with Crippen molar-refractivity contribution in [1.29, 1.82) is 0 Å². The number of ketones is 2. The minimum absolute atomic E-state index is 0.0255. The lowest BCUT2D eigenvalue weighted by Crippen LogP contribution is -2.33. The number of carbonyl (C=O) groups excluding carboxylic acids is 2. The van der Waals surface area contributed by atoms with Gasteiger partial charge in [-0.25, -0.2) is 0 Å². The van der Waals surface area contributed by atoms with Crippen LogP contribution in [0.5, 0.6) is 0 Å². The molecule has 0 unspecified atom stereocenters. The highest BCUT2D eigenvalue weighted by molar-refractivity contribution is 6.49. The van der Waals surface area contributed by atoms with E-state index < -0.39 is 0 Å². The van der Waals surface area contributed by atoms with Gasteiger partial charge in [0.1, 0.15) is 10.7 Å². The molecular weight excluding hydrogens is 264 g/mol. The lowest BCUT2D eigenvalue weighted by molar-refractivity contribution is 0.0974. The summed E-state index contributed by atoms with van der Waals surface area (Å²) in [5.74, 6) is -0.525. The molecule has 1 aliphatic carbocycles. The summed E-state index contributed by atoms with van der Waals surface area (Å²) in [7, 11) is 3.86. The molecule has 0 atom stereocenters. The second-order valence-electron chi connectivity index (χ2n) is 4.62. The molecule has 0 aliphatic heterocycles. The number of fused-ring (bicyclic) bond motifs is 1. The number of nitrogens with zero attached hydrogens (tertiary/aromatic N) is 1. The van der Waals surface area contributed by atoms with Crippen molar-refractivity contribution >= 4 is 23.2 Å². The molecule has 0 aromatic heterocycles. The van der Waals surface area contributed by atoms with E-state index in [1.165, 1.54) is 0 Å². The van der Waals surface area contributed by atoms with Crippen molar-refractivity contribution < 1.29 is 9.59 Å². The van der Waals surface area contributed by atoms with Crippen molar-refractivity contribution in [3.63, 3.8) is 0 Å². The normalized spacial score (nSPS) is 14.9. The van der Waals surface area contributed by atoms with Crippen LogP contribution in [0.2, 0.25) is 0 Å². The van der Waals surface area contributed by atoms with E-state index >= 15 is 0 Å². The first-order valence-electron chi connectivity index (χ1n) is 5.99. The van der Waals surface area contributed by atoms with Crippen molar-refractivity contribution in [3.8, 4) is 0 Å². The molecule has 0 spiro atoms. The molecule has 0 saturated heterocycles. The van der Waals surface area contributed by atoms with Crippen LogP contribution in [0.3, 0.4) is 0 Å². The molecule has 100 valence electrons. The van der Waals surface area contributed by atoms with E-state index in [2.05, 4.69) is 5.32 Å². The molecule has 0 radical (unpaired) electrons. The molecule has 1 aliphatic rings. The van der Waals surface area contributed by atoms with Gasteiger partial charge in [0, 0.05) is 24.2 Å². The van der Waals surface area contributed by atoms with E-state index in [1.54, 1.807) is 24.3 Å². The van der Waals surface area contributed by atoms with Crippen LogP contribution in [-0.4, -0.2) is 43.7 Å². The topological polar surface area (TPSA) is 49.4 Å². The van der Waals surface area contributed by atoms with Gasteiger partial charge in [0.2, 0.25) is 11.6 Å². The summed E-state index contributed by atoms with van der Waals surface area (Å²) in [6, 6.07) is 6.72.